The van der Waals surface area contributed by atoms with Crippen molar-refractivity contribution < 1.29 is 0 Å². The molecule has 0 amide bonds. The van der Waals surface area contributed by atoms with Gasteiger partial charge in [-0.05, 0) is 107 Å². The van der Waals surface area contributed by atoms with Crippen LogP contribution in [0, 0.1) is 0 Å². The summed E-state index contributed by atoms with van der Waals surface area (Å²) >= 11 is 1.85. The number of hydrogen-bond donors (Lipinski definition) is 0. The van der Waals surface area contributed by atoms with Crippen LogP contribution >= 0.6 is 11.3 Å². The zero-order valence-electron chi connectivity index (χ0n) is 26.9. The van der Waals surface area contributed by atoms with Gasteiger partial charge in [0, 0.05) is 9.75 Å². The molecule has 0 saturated heterocycles. The first kappa shape index (κ1) is 29.1. The molecular formula is C48H32S. The number of hydrogen-bond acceptors (Lipinski definition) is 1. The first-order valence-electron chi connectivity index (χ1n) is 16.8. The Bertz CT molecular complexity index is 2580. The summed E-state index contributed by atoms with van der Waals surface area (Å²) in [6, 6.07) is 66.2. The smallest absolute Gasteiger partial charge is 0.0349 e. The fourth-order valence-electron chi connectivity index (χ4n) is 7.11. The van der Waals surface area contributed by atoms with Gasteiger partial charge in [-0.25, -0.2) is 0 Å². The van der Waals surface area contributed by atoms with Crippen LogP contribution < -0.4 is 0 Å². The molecule has 0 unspecified atom stereocenters. The number of thiophene rings is 1. The molecule has 0 bridgehead atoms. The van der Waals surface area contributed by atoms with Crippen LogP contribution in [0.2, 0.25) is 0 Å². The van der Waals surface area contributed by atoms with Gasteiger partial charge in [0.15, 0.2) is 0 Å². The Morgan fingerprint density at radius 2 is 0.796 bits per heavy atom. The van der Waals surface area contributed by atoms with Gasteiger partial charge in [-0.3, -0.25) is 0 Å². The molecule has 0 nitrogen and oxygen atoms in total. The fraction of sp³-hybridized carbons (Fsp3) is 0. The largest absolute Gasteiger partial charge is 0.135 e. The minimum atomic E-state index is 1.20. The number of fused-ring (bicyclic) bond motifs is 3. The standard InChI is InChI=1S/C48H32S/c1-3-12-33(13-4-1)22-23-34-24-25-37-31-40(27-26-36(37)30-34)48-43-20-9-7-18-41(43)47(42-19-8-10-21-44(42)48)39-17-11-16-38(32-39)46-29-28-45(49-46)35-14-5-2-6-15-35/h1-32H/b23-22+. The molecule has 0 N–H and O–H groups in total. The van der Waals surface area contributed by atoms with Gasteiger partial charge in [-0.1, -0.05) is 164 Å². The van der Waals surface area contributed by atoms with Crippen LogP contribution in [0.4, 0.5) is 0 Å². The Labute approximate surface area is 290 Å². The molecule has 9 rings (SSSR count). The summed E-state index contributed by atoms with van der Waals surface area (Å²) in [6.45, 7) is 0. The monoisotopic (exact) mass is 640 g/mol. The van der Waals surface area contributed by atoms with Crippen molar-refractivity contribution in [1.29, 1.82) is 0 Å². The minimum Gasteiger partial charge on any atom is -0.135 e. The van der Waals surface area contributed by atoms with Crippen molar-refractivity contribution in [1.82, 2.24) is 0 Å². The number of rotatable bonds is 6. The lowest BCUT2D eigenvalue weighted by Crippen LogP contribution is -1.91. The maximum atomic E-state index is 2.37. The van der Waals surface area contributed by atoms with E-state index in [9.17, 15) is 0 Å². The van der Waals surface area contributed by atoms with Gasteiger partial charge >= 0.3 is 0 Å². The molecule has 8 aromatic carbocycles. The van der Waals surface area contributed by atoms with Gasteiger partial charge < -0.3 is 0 Å². The summed E-state index contributed by atoms with van der Waals surface area (Å²) in [5, 5.41) is 7.56. The summed E-state index contributed by atoms with van der Waals surface area (Å²) in [5.74, 6) is 0. The quantitative estimate of drug-likeness (QED) is 0.125. The van der Waals surface area contributed by atoms with E-state index in [2.05, 4.69) is 194 Å². The predicted molar refractivity (Wildman–Crippen MR) is 214 cm³/mol. The van der Waals surface area contributed by atoms with Crippen molar-refractivity contribution in [3.8, 4) is 43.1 Å². The molecule has 1 heterocycles. The van der Waals surface area contributed by atoms with Gasteiger partial charge in [0.05, 0.1) is 0 Å². The first-order chi connectivity index (χ1) is 24.3. The lowest BCUT2D eigenvalue weighted by atomic mass is 9.85. The van der Waals surface area contributed by atoms with Crippen molar-refractivity contribution in [2.75, 3.05) is 0 Å². The second-order valence-electron chi connectivity index (χ2n) is 12.5. The van der Waals surface area contributed by atoms with E-state index in [1.807, 2.05) is 11.3 Å². The molecular weight excluding hydrogens is 609 g/mol. The Hall–Kier alpha value is -6.02. The summed E-state index contributed by atoms with van der Waals surface area (Å²) in [4.78, 5) is 2.57. The van der Waals surface area contributed by atoms with E-state index in [1.54, 1.807) is 0 Å². The van der Waals surface area contributed by atoms with Crippen LogP contribution in [0.25, 0.3) is 87.6 Å². The molecule has 230 valence electrons. The Balaban J connectivity index is 1.16. The second kappa shape index (κ2) is 12.5. The highest BCUT2D eigenvalue weighted by Gasteiger charge is 2.17. The van der Waals surface area contributed by atoms with Gasteiger partial charge in [0.25, 0.3) is 0 Å². The van der Waals surface area contributed by atoms with Crippen molar-refractivity contribution in [2.45, 2.75) is 0 Å². The average Bonchev–Trinajstić information content (AvgIpc) is 3.67. The maximum absolute atomic E-state index is 2.37. The Kier molecular flexibility index (Phi) is 7.46. The summed E-state index contributed by atoms with van der Waals surface area (Å²) in [6.07, 6.45) is 4.37. The van der Waals surface area contributed by atoms with Crippen LogP contribution in [0.1, 0.15) is 11.1 Å². The third-order valence-electron chi connectivity index (χ3n) is 9.45. The normalized spacial score (nSPS) is 11.6. The molecule has 0 spiro atoms. The highest BCUT2D eigenvalue weighted by atomic mass is 32.1. The van der Waals surface area contributed by atoms with Crippen molar-refractivity contribution in [3.63, 3.8) is 0 Å². The lowest BCUT2D eigenvalue weighted by molar-refractivity contribution is 1.65. The van der Waals surface area contributed by atoms with E-state index in [-0.39, 0.29) is 0 Å². The lowest BCUT2D eigenvalue weighted by Gasteiger charge is -2.18. The third-order valence-corrected chi connectivity index (χ3v) is 10.6. The zero-order chi connectivity index (χ0) is 32.6. The SMILES string of the molecule is C(=C\c1ccc2cc(-c3c4ccccc4c(-c4cccc(-c5ccc(-c6ccccc6)s5)c4)c4ccccc34)ccc2c1)/c1ccccc1. The summed E-state index contributed by atoms with van der Waals surface area (Å²) < 4.78 is 0. The summed E-state index contributed by atoms with van der Waals surface area (Å²) in [5.41, 5.74) is 9.95. The van der Waals surface area contributed by atoms with Crippen molar-refractivity contribution >= 4 is 55.8 Å². The van der Waals surface area contributed by atoms with E-state index < -0.39 is 0 Å². The van der Waals surface area contributed by atoms with E-state index in [4.69, 9.17) is 0 Å². The first-order valence-corrected chi connectivity index (χ1v) is 17.6. The van der Waals surface area contributed by atoms with E-state index in [0.29, 0.717) is 0 Å². The van der Waals surface area contributed by atoms with Crippen LogP contribution in [0.15, 0.2) is 182 Å². The fourth-order valence-corrected chi connectivity index (χ4v) is 8.12. The molecule has 0 aliphatic carbocycles. The maximum Gasteiger partial charge on any atom is 0.0349 e. The second-order valence-corrected chi connectivity index (χ2v) is 13.6. The molecule has 0 radical (unpaired) electrons. The van der Waals surface area contributed by atoms with Crippen molar-refractivity contribution in [2.24, 2.45) is 0 Å². The molecule has 1 heteroatoms. The van der Waals surface area contributed by atoms with Crippen LogP contribution in [-0.4, -0.2) is 0 Å². The van der Waals surface area contributed by atoms with Crippen molar-refractivity contribution in [3.05, 3.63) is 193 Å². The topological polar surface area (TPSA) is 0 Å². The molecule has 0 atom stereocenters. The third kappa shape index (κ3) is 5.55. The molecule has 0 saturated carbocycles. The average molecular weight is 641 g/mol. The molecule has 9 aromatic rings. The van der Waals surface area contributed by atoms with E-state index in [0.717, 1.165) is 0 Å². The van der Waals surface area contributed by atoms with Crippen LogP contribution in [0.3, 0.4) is 0 Å². The van der Waals surface area contributed by atoms with Crippen LogP contribution in [-0.2, 0) is 0 Å². The molecule has 0 aliphatic heterocycles. The molecule has 49 heavy (non-hydrogen) atoms. The molecule has 0 aliphatic rings. The number of benzene rings is 8. The highest BCUT2D eigenvalue weighted by molar-refractivity contribution is 7.18. The highest BCUT2D eigenvalue weighted by Crippen LogP contribution is 2.45. The van der Waals surface area contributed by atoms with Crippen LogP contribution in [0.5, 0.6) is 0 Å². The summed E-state index contributed by atoms with van der Waals surface area (Å²) in [7, 11) is 0. The zero-order valence-corrected chi connectivity index (χ0v) is 27.7. The van der Waals surface area contributed by atoms with E-state index in [1.165, 1.54) is 86.6 Å². The predicted octanol–water partition coefficient (Wildman–Crippen LogP) is 14.0. The molecule has 1 aromatic heterocycles. The Morgan fingerprint density at radius 1 is 0.306 bits per heavy atom. The molecule has 0 fully saturated rings. The van der Waals surface area contributed by atoms with Gasteiger partial charge in [0.2, 0.25) is 0 Å². The van der Waals surface area contributed by atoms with E-state index >= 15 is 0 Å². The Morgan fingerprint density at radius 3 is 1.47 bits per heavy atom. The minimum absolute atomic E-state index is 1.20. The van der Waals surface area contributed by atoms with Gasteiger partial charge in [-0.15, -0.1) is 11.3 Å². The van der Waals surface area contributed by atoms with Gasteiger partial charge in [0.1, 0.15) is 0 Å². The van der Waals surface area contributed by atoms with Gasteiger partial charge in [-0.2, -0.15) is 0 Å².